The number of hydrogen-bond donors (Lipinski definition) is 1. The van der Waals surface area contributed by atoms with Crippen molar-refractivity contribution in [2.75, 3.05) is 12.4 Å². The molecule has 0 bridgehead atoms. The second-order valence-corrected chi connectivity index (χ2v) is 5.09. The van der Waals surface area contributed by atoms with E-state index in [9.17, 15) is 0 Å². The van der Waals surface area contributed by atoms with Crippen LogP contribution < -0.4 is 5.32 Å². The summed E-state index contributed by atoms with van der Waals surface area (Å²) in [5.74, 6) is 0. The number of nitrogens with zero attached hydrogens (tertiary/aromatic N) is 2. The summed E-state index contributed by atoms with van der Waals surface area (Å²) >= 11 is 0. The molecule has 1 saturated heterocycles. The standard InChI is InChI=1S/C14H23N3/c1-11-5-4-6-12(2)17(11)10-14-9-13(15-3)7-8-16-14/h7-9,11-12H,4-6,10H2,1-3H3,(H,15,16). The zero-order valence-electron chi connectivity index (χ0n) is 11.1. The highest BCUT2D eigenvalue weighted by atomic mass is 15.2. The summed E-state index contributed by atoms with van der Waals surface area (Å²) in [6.45, 7) is 5.63. The van der Waals surface area contributed by atoms with E-state index < -0.39 is 0 Å². The van der Waals surface area contributed by atoms with Crippen molar-refractivity contribution in [3.63, 3.8) is 0 Å². The number of pyridine rings is 1. The van der Waals surface area contributed by atoms with Crippen molar-refractivity contribution in [1.82, 2.24) is 9.88 Å². The van der Waals surface area contributed by atoms with Crippen molar-refractivity contribution < 1.29 is 0 Å². The fourth-order valence-electron chi connectivity index (χ4n) is 2.69. The van der Waals surface area contributed by atoms with E-state index in [-0.39, 0.29) is 0 Å². The maximum absolute atomic E-state index is 4.47. The molecule has 0 amide bonds. The summed E-state index contributed by atoms with van der Waals surface area (Å²) in [5.41, 5.74) is 2.31. The molecule has 3 nitrogen and oxygen atoms in total. The first kappa shape index (κ1) is 12.4. The predicted octanol–water partition coefficient (Wildman–Crippen LogP) is 2.89. The zero-order valence-corrected chi connectivity index (χ0v) is 11.1. The Bertz CT molecular complexity index is 354. The van der Waals surface area contributed by atoms with Gasteiger partial charge in [0, 0.05) is 37.6 Å². The molecule has 0 radical (unpaired) electrons. The van der Waals surface area contributed by atoms with Gasteiger partial charge in [0.15, 0.2) is 0 Å². The SMILES string of the molecule is CNc1ccnc(CN2C(C)CCCC2C)c1. The molecule has 0 saturated carbocycles. The lowest BCUT2D eigenvalue weighted by atomic mass is 9.97. The van der Waals surface area contributed by atoms with Gasteiger partial charge in [0.1, 0.15) is 0 Å². The Morgan fingerprint density at radius 1 is 1.35 bits per heavy atom. The van der Waals surface area contributed by atoms with Gasteiger partial charge in [-0.1, -0.05) is 6.42 Å². The van der Waals surface area contributed by atoms with Crippen molar-refractivity contribution in [2.45, 2.75) is 51.7 Å². The Hall–Kier alpha value is -1.09. The van der Waals surface area contributed by atoms with Crippen LogP contribution in [-0.2, 0) is 6.54 Å². The molecule has 1 N–H and O–H groups in total. The largest absolute Gasteiger partial charge is 0.388 e. The van der Waals surface area contributed by atoms with Gasteiger partial charge >= 0.3 is 0 Å². The van der Waals surface area contributed by atoms with E-state index in [0.29, 0.717) is 12.1 Å². The maximum atomic E-state index is 4.47. The average molecular weight is 233 g/mol. The van der Waals surface area contributed by atoms with Crippen LogP contribution in [0.2, 0.25) is 0 Å². The van der Waals surface area contributed by atoms with Crippen molar-refractivity contribution in [1.29, 1.82) is 0 Å². The average Bonchev–Trinajstić information content (AvgIpc) is 2.34. The van der Waals surface area contributed by atoms with Gasteiger partial charge in [0.2, 0.25) is 0 Å². The van der Waals surface area contributed by atoms with Gasteiger partial charge in [-0.25, -0.2) is 0 Å². The quantitative estimate of drug-likeness (QED) is 0.870. The van der Waals surface area contributed by atoms with Crippen molar-refractivity contribution in [3.05, 3.63) is 24.0 Å². The minimum absolute atomic E-state index is 0.679. The van der Waals surface area contributed by atoms with E-state index in [1.54, 1.807) is 0 Å². The van der Waals surface area contributed by atoms with Crippen molar-refractivity contribution in [2.24, 2.45) is 0 Å². The molecule has 2 unspecified atom stereocenters. The molecule has 2 atom stereocenters. The predicted molar refractivity (Wildman–Crippen MR) is 72.1 cm³/mol. The topological polar surface area (TPSA) is 28.2 Å². The molecule has 17 heavy (non-hydrogen) atoms. The van der Waals surface area contributed by atoms with E-state index in [1.807, 2.05) is 19.3 Å². The Morgan fingerprint density at radius 3 is 2.71 bits per heavy atom. The van der Waals surface area contributed by atoms with Crippen LogP contribution in [0.25, 0.3) is 0 Å². The molecular formula is C14H23N3. The molecule has 0 aromatic carbocycles. The number of aromatic nitrogens is 1. The van der Waals surface area contributed by atoms with Gasteiger partial charge in [-0.2, -0.15) is 0 Å². The highest BCUT2D eigenvalue weighted by Gasteiger charge is 2.24. The van der Waals surface area contributed by atoms with Crippen LogP contribution in [0.3, 0.4) is 0 Å². The van der Waals surface area contributed by atoms with Gasteiger partial charge in [0.05, 0.1) is 5.69 Å². The highest BCUT2D eigenvalue weighted by molar-refractivity contribution is 5.42. The van der Waals surface area contributed by atoms with Crippen LogP contribution in [0.4, 0.5) is 5.69 Å². The maximum Gasteiger partial charge on any atom is 0.0564 e. The molecular weight excluding hydrogens is 210 g/mol. The molecule has 2 heterocycles. The van der Waals surface area contributed by atoms with Crippen molar-refractivity contribution >= 4 is 5.69 Å². The number of piperidine rings is 1. The third-order valence-electron chi connectivity index (χ3n) is 3.83. The van der Waals surface area contributed by atoms with Crippen LogP contribution >= 0.6 is 0 Å². The molecule has 1 aromatic rings. The van der Waals surface area contributed by atoms with Gasteiger partial charge in [0.25, 0.3) is 0 Å². The third-order valence-corrected chi connectivity index (χ3v) is 3.83. The zero-order chi connectivity index (χ0) is 12.3. The Morgan fingerprint density at radius 2 is 2.06 bits per heavy atom. The van der Waals surface area contributed by atoms with E-state index in [4.69, 9.17) is 0 Å². The first-order valence-electron chi connectivity index (χ1n) is 6.59. The van der Waals surface area contributed by atoms with Crippen LogP contribution in [-0.4, -0.2) is 29.0 Å². The molecule has 0 aliphatic carbocycles. The van der Waals surface area contributed by atoms with Crippen LogP contribution in [0.1, 0.15) is 38.8 Å². The molecule has 1 fully saturated rings. The molecule has 2 rings (SSSR count). The smallest absolute Gasteiger partial charge is 0.0564 e. The number of rotatable bonds is 3. The second-order valence-electron chi connectivity index (χ2n) is 5.09. The van der Waals surface area contributed by atoms with Crippen molar-refractivity contribution in [3.8, 4) is 0 Å². The van der Waals surface area contributed by atoms with Crippen LogP contribution in [0.5, 0.6) is 0 Å². The van der Waals surface area contributed by atoms with Gasteiger partial charge < -0.3 is 5.32 Å². The second kappa shape index (κ2) is 5.50. The first-order chi connectivity index (χ1) is 8.20. The molecule has 94 valence electrons. The van der Waals surface area contributed by atoms with Crippen LogP contribution in [0.15, 0.2) is 18.3 Å². The highest BCUT2D eigenvalue weighted by Crippen LogP contribution is 2.24. The summed E-state index contributed by atoms with van der Waals surface area (Å²) in [5, 5.41) is 3.17. The number of anilines is 1. The van der Waals surface area contributed by atoms with E-state index in [1.165, 1.54) is 19.3 Å². The summed E-state index contributed by atoms with van der Waals surface area (Å²) in [4.78, 5) is 7.04. The van der Waals surface area contributed by atoms with E-state index in [0.717, 1.165) is 17.9 Å². The van der Waals surface area contributed by atoms with E-state index in [2.05, 4.69) is 35.1 Å². The molecule has 0 spiro atoms. The monoisotopic (exact) mass is 233 g/mol. The first-order valence-corrected chi connectivity index (χ1v) is 6.59. The minimum Gasteiger partial charge on any atom is -0.388 e. The molecule has 3 heteroatoms. The fraction of sp³-hybridized carbons (Fsp3) is 0.643. The lowest BCUT2D eigenvalue weighted by Crippen LogP contribution is -2.43. The lowest BCUT2D eigenvalue weighted by Gasteiger charge is -2.38. The van der Waals surface area contributed by atoms with Gasteiger partial charge in [-0.05, 0) is 38.8 Å². The normalized spacial score (nSPS) is 25.8. The van der Waals surface area contributed by atoms with Gasteiger partial charge in [-0.3, -0.25) is 9.88 Å². The molecule has 1 aliphatic heterocycles. The minimum atomic E-state index is 0.679. The Labute approximate surface area is 104 Å². The number of nitrogens with one attached hydrogen (secondary N) is 1. The lowest BCUT2D eigenvalue weighted by molar-refractivity contribution is 0.0938. The summed E-state index contributed by atoms with van der Waals surface area (Å²) in [7, 11) is 1.95. The summed E-state index contributed by atoms with van der Waals surface area (Å²) in [6.07, 6.45) is 5.88. The number of likely N-dealkylation sites (tertiary alicyclic amines) is 1. The Kier molecular flexibility index (Phi) is 4.00. The van der Waals surface area contributed by atoms with Gasteiger partial charge in [-0.15, -0.1) is 0 Å². The fourth-order valence-corrected chi connectivity index (χ4v) is 2.69. The van der Waals surface area contributed by atoms with Crippen LogP contribution in [0, 0.1) is 0 Å². The Balaban J connectivity index is 2.07. The molecule has 1 aromatic heterocycles. The summed E-state index contributed by atoms with van der Waals surface area (Å²) < 4.78 is 0. The third kappa shape index (κ3) is 2.97. The molecule has 1 aliphatic rings. The summed E-state index contributed by atoms with van der Waals surface area (Å²) in [6, 6.07) is 5.51. The number of hydrogen-bond acceptors (Lipinski definition) is 3. The van der Waals surface area contributed by atoms with E-state index >= 15 is 0 Å².